The van der Waals surface area contributed by atoms with E-state index < -0.39 is 0 Å². The summed E-state index contributed by atoms with van der Waals surface area (Å²) in [6.45, 7) is 7.58. The first-order valence-electron chi connectivity index (χ1n) is 17.8. The third kappa shape index (κ3) is 24.1. The molecule has 1 aromatic carbocycles. The van der Waals surface area contributed by atoms with E-state index in [9.17, 15) is 9.59 Å². The zero-order chi connectivity index (χ0) is 32.1. The summed E-state index contributed by atoms with van der Waals surface area (Å²) in [5.41, 5.74) is 1.17. The van der Waals surface area contributed by atoms with Crippen molar-refractivity contribution in [2.45, 2.75) is 149 Å². The van der Waals surface area contributed by atoms with Crippen LogP contribution in [0.2, 0.25) is 0 Å². The lowest BCUT2D eigenvalue weighted by Gasteiger charge is -2.15. The number of rotatable bonds is 30. The van der Waals surface area contributed by atoms with Gasteiger partial charge in [-0.3, -0.25) is 9.59 Å². The molecule has 0 aliphatic rings. The summed E-state index contributed by atoms with van der Waals surface area (Å²) >= 11 is 0. The summed E-state index contributed by atoms with van der Waals surface area (Å²) in [4.78, 5) is 25.8. The molecule has 44 heavy (non-hydrogen) atoms. The molecule has 0 heterocycles. The van der Waals surface area contributed by atoms with Gasteiger partial charge < -0.3 is 23.8 Å². The van der Waals surface area contributed by atoms with E-state index >= 15 is 0 Å². The predicted octanol–water partition coefficient (Wildman–Crippen LogP) is 9.43. The fourth-order valence-corrected chi connectivity index (χ4v) is 5.01. The molecule has 0 radical (unpaired) electrons. The van der Waals surface area contributed by atoms with E-state index in [1.54, 1.807) is 0 Å². The first kappa shape index (κ1) is 39.7. The molecule has 0 aliphatic heterocycles. The first-order valence-corrected chi connectivity index (χ1v) is 17.8. The van der Waals surface area contributed by atoms with Gasteiger partial charge in [0.05, 0.1) is 26.4 Å². The van der Waals surface area contributed by atoms with Crippen molar-refractivity contribution in [3.8, 4) is 11.5 Å². The van der Waals surface area contributed by atoms with Crippen LogP contribution in [0.4, 0.5) is 0 Å². The Morgan fingerprint density at radius 2 is 0.909 bits per heavy atom. The smallest absolute Gasteiger partial charge is 0.305 e. The highest BCUT2D eigenvalue weighted by Gasteiger charge is 2.07. The molecule has 0 aromatic heterocycles. The molecule has 0 N–H and O–H groups in total. The average molecular weight is 620 g/mol. The zero-order valence-electron chi connectivity index (χ0n) is 28.8. The van der Waals surface area contributed by atoms with Crippen LogP contribution in [-0.4, -0.2) is 57.4 Å². The third-order valence-electron chi connectivity index (χ3n) is 7.55. The minimum Gasteiger partial charge on any atom is -0.493 e. The maximum Gasteiger partial charge on any atom is 0.305 e. The zero-order valence-corrected chi connectivity index (χ0v) is 28.8. The number of carbonyl (C=O) groups is 2. The number of unbranched alkanes of at least 4 members (excludes halogenated alkanes) is 14. The lowest BCUT2D eigenvalue weighted by Crippen LogP contribution is -2.11. The van der Waals surface area contributed by atoms with Crippen molar-refractivity contribution in [3.63, 3.8) is 0 Å². The highest BCUT2D eigenvalue weighted by Crippen LogP contribution is 2.24. The molecular weight excluding hydrogens is 554 g/mol. The monoisotopic (exact) mass is 619 g/mol. The standard InChI is InChI=1S/C37H65NO6/c1-5-7-9-11-17-23-36(39)43-27-21-15-13-19-25-41-34-29-33(32-38(3)4)30-35(31-34)42-26-20-14-16-22-28-44-37(40)24-18-12-10-8-6-2/h29-31H,5-28,32H2,1-4H3. The van der Waals surface area contributed by atoms with Crippen molar-refractivity contribution in [1.29, 1.82) is 0 Å². The van der Waals surface area contributed by atoms with E-state index in [0.29, 0.717) is 39.3 Å². The van der Waals surface area contributed by atoms with Crippen LogP contribution in [0.5, 0.6) is 11.5 Å². The van der Waals surface area contributed by atoms with E-state index in [-0.39, 0.29) is 11.9 Å². The third-order valence-corrected chi connectivity index (χ3v) is 7.55. The SMILES string of the molecule is CCCCCCCC(=O)OCCCCCCOc1cc(CN(C)C)cc(OCCCCCCOC(=O)CCCCCCC)c1. The van der Waals surface area contributed by atoms with Gasteiger partial charge in [-0.2, -0.15) is 0 Å². The van der Waals surface area contributed by atoms with E-state index in [1.807, 2.05) is 6.07 Å². The van der Waals surface area contributed by atoms with Crippen molar-refractivity contribution in [3.05, 3.63) is 23.8 Å². The first-order chi connectivity index (χ1) is 21.4. The van der Waals surface area contributed by atoms with Crippen molar-refractivity contribution in [2.75, 3.05) is 40.5 Å². The molecule has 0 fully saturated rings. The Hall–Kier alpha value is -2.28. The van der Waals surface area contributed by atoms with Crippen molar-refractivity contribution in [1.82, 2.24) is 4.90 Å². The summed E-state index contributed by atoms with van der Waals surface area (Å²) in [7, 11) is 4.12. The lowest BCUT2D eigenvalue weighted by atomic mass is 10.1. The molecule has 254 valence electrons. The fourth-order valence-electron chi connectivity index (χ4n) is 5.01. The molecule has 0 saturated heterocycles. The molecule has 0 atom stereocenters. The van der Waals surface area contributed by atoms with Gasteiger partial charge in [0.25, 0.3) is 0 Å². The molecule has 7 nitrogen and oxygen atoms in total. The van der Waals surface area contributed by atoms with Crippen molar-refractivity contribution >= 4 is 11.9 Å². The van der Waals surface area contributed by atoms with Crippen LogP contribution in [0.1, 0.15) is 148 Å². The van der Waals surface area contributed by atoms with Crippen LogP contribution in [0.3, 0.4) is 0 Å². The van der Waals surface area contributed by atoms with Crippen molar-refractivity contribution < 1.29 is 28.5 Å². The molecule has 0 spiro atoms. The second kappa shape index (κ2) is 28.2. The number of carbonyl (C=O) groups excluding carboxylic acids is 2. The second-order valence-corrected chi connectivity index (χ2v) is 12.3. The molecule has 1 rings (SSSR count). The highest BCUT2D eigenvalue weighted by molar-refractivity contribution is 5.69. The molecule has 0 aliphatic carbocycles. The molecular formula is C37H65NO6. The molecule has 0 unspecified atom stereocenters. The fraction of sp³-hybridized carbons (Fsp3) is 0.784. The molecule has 0 saturated carbocycles. The highest BCUT2D eigenvalue weighted by atomic mass is 16.5. The van der Waals surface area contributed by atoms with E-state index in [1.165, 1.54) is 44.1 Å². The number of nitrogens with zero attached hydrogens (tertiary/aromatic N) is 1. The summed E-state index contributed by atoms with van der Waals surface area (Å²) in [5, 5.41) is 0. The van der Waals surface area contributed by atoms with Gasteiger partial charge >= 0.3 is 11.9 Å². The van der Waals surface area contributed by atoms with Crippen LogP contribution in [0.25, 0.3) is 0 Å². The number of benzene rings is 1. The molecule has 0 bridgehead atoms. The quantitative estimate of drug-likeness (QED) is 0.0627. The Morgan fingerprint density at radius 1 is 0.523 bits per heavy atom. The minimum atomic E-state index is -0.0539. The Balaban J connectivity index is 2.19. The van der Waals surface area contributed by atoms with E-state index in [4.69, 9.17) is 18.9 Å². The van der Waals surface area contributed by atoms with Gasteiger partial charge in [0.2, 0.25) is 0 Å². The number of esters is 2. The predicted molar refractivity (Wildman–Crippen MR) is 180 cm³/mol. The topological polar surface area (TPSA) is 74.3 Å². The van der Waals surface area contributed by atoms with Crippen LogP contribution in [0, 0.1) is 0 Å². The maximum absolute atomic E-state index is 11.8. The average Bonchev–Trinajstić information content (AvgIpc) is 2.99. The summed E-state index contributed by atoms with van der Waals surface area (Å²) in [6, 6.07) is 6.19. The molecule has 0 amide bonds. The summed E-state index contributed by atoms with van der Waals surface area (Å²) < 4.78 is 22.9. The van der Waals surface area contributed by atoms with Crippen LogP contribution >= 0.6 is 0 Å². The normalized spacial score (nSPS) is 11.1. The van der Waals surface area contributed by atoms with Gasteiger partial charge in [-0.1, -0.05) is 65.2 Å². The van der Waals surface area contributed by atoms with Crippen LogP contribution in [-0.2, 0) is 25.6 Å². The Labute approximate surface area is 269 Å². The van der Waals surface area contributed by atoms with Gasteiger partial charge in [0.1, 0.15) is 11.5 Å². The van der Waals surface area contributed by atoms with Gasteiger partial charge in [0.15, 0.2) is 0 Å². The lowest BCUT2D eigenvalue weighted by molar-refractivity contribution is -0.144. The van der Waals surface area contributed by atoms with Crippen LogP contribution in [0.15, 0.2) is 18.2 Å². The van der Waals surface area contributed by atoms with Gasteiger partial charge in [-0.15, -0.1) is 0 Å². The largest absolute Gasteiger partial charge is 0.493 e. The molecule has 1 aromatic rings. The molecule has 7 heteroatoms. The maximum atomic E-state index is 11.8. The van der Waals surface area contributed by atoms with Crippen molar-refractivity contribution in [2.24, 2.45) is 0 Å². The van der Waals surface area contributed by atoms with E-state index in [2.05, 4.69) is 45.0 Å². The summed E-state index contributed by atoms with van der Waals surface area (Å²) in [5.74, 6) is 1.59. The Bertz CT molecular complexity index is 783. The minimum absolute atomic E-state index is 0.0539. The van der Waals surface area contributed by atoms with Gasteiger partial charge in [-0.25, -0.2) is 0 Å². The van der Waals surface area contributed by atoms with Crippen LogP contribution < -0.4 is 9.47 Å². The number of ether oxygens (including phenoxy) is 4. The second-order valence-electron chi connectivity index (χ2n) is 12.3. The summed E-state index contributed by atoms with van der Waals surface area (Å²) in [6.07, 6.45) is 20.5. The van der Waals surface area contributed by atoms with Gasteiger partial charge in [-0.05, 0) is 96.0 Å². The van der Waals surface area contributed by atoms with E-state index in [0.717, 1.165) is 95.1 Å². The Morgan fingerprint density at radius 3 is 1.32 bits per heavy atom. The Kier molecular flexibility index (Phi) is 25.5. The number of hydrogen-bond acceptors (Lipinski definition) is 7. The van der Waals surface area contributed by atoms with Gasteiger partial charge in [0, 0.05) is 25.5 Å². The number of hydrogen-bond donors (Lipinski definition) is 0.